The van der Waals surface area contributed by atoms with E-state index in [4.69, 9.17) is 11.6 Å². The summed E-state index contributed by atoms with van der Waals surface area (Å²) < 4.78 is 0. The van der Waals surface area contributed by atoms with E-state index in [9.17, 15) is 9.59 Å². The molecular weight excluding hydrogens is 336 g/mol. The Labute approximate surface area is 151 Å². The Morgan fingerprint density at radius 2 is 1.80 bits per heavy atom. The third-order valence-corrected chi connectivity index (χ3v) is 4.71. The molecule has 0 radical (unpaired) electrons. The first-order valence-electron chi connectivity index (χ1n) is 8.12. The lowest BCUT2D eigenvalue weighted by atomic mass is 10.1. The van der Waals surface area contributed by atoms with Crippen molar-refractivity contribution in [3.05, 3.63) is 69.9 Å². The molecule has 0 atom stereocenters. The van der Waals surface area contributed by atoms with Crippen molar-refractivity contribution in [3.8, 4) is 0 Å². The predicted octanol–water partition coefficient (Wildman–Crippen LogP) is 4.95. The molecule has 0 fully saturated rings. The van der Waals surface area contributed by atoms with Crippen LogP contribution in [0.3, 0.4) is 0 Å². The van der Waals surface area contributed by atoms with E-state index in [2.05, 4.69) is 10.6 Å². The Morgan fingerprint density at radius 3 is 2.48 bits per heavy atom. The van der Waals surface area contributed by atoms with Gasteiger partial charge in [0.2, 0.25) is 0 Å². The van der Waals surface area contributed by atoms with Gasteiger partial charge in [0, 0.05) is 28.9 Å². The summed E-state index contributed by atoms with van der Waals surface area (Å²) in [5.74, 6) is -0.0608. The van der Waals surface area contributed by atoms with Crippen molar-refractivity contribution in [1.29, 1.82) is 0 Å². The average Bonchev–Trinajstić information content (AvgIpc) is 2.91. The van der Waals surface area contributed by atoms with E-state index < -0.39 is 0 Å². The lowest BCUT2D eigenvalue weighted by Crippen LogP contribution is -2.13. The van der Waals surface area contributed by atoms with E-state index in [0.29, 0.717) is 29.1 Å². The quantitative estimate of drug-likeness (QED) is 0.816. The van der Waals surface area contributed by atoms with E-state index in [-0.39, 0.29) is 11.7 Å². The molecule has 0 bridgehead atoms. The number of ketones is 1. The van der Waals surface area contributed by atoms with Gasteiger partial charge in [-0.3, -0.25) is 9.59 Å². The van der Waals surface area contributed by atoms with Crippen molar-refractivity contribution >= 4 is 34.7 Å². The molecule has 3 rings (SSSR count). The van der Waals surface area contributed by atoms with Crippen LogP contribution in [-0.4, -0.2) is 11.7 Å². The normalized spacial score (nSPS) is 14.0. The molecule has 5 heteroatoms. The highest BCUT2D eigenvalue weighted by atomic mass is 35.5. The number of hydrogen-bond acceptors (Lipinski definition) is 3. The van der Waals surface area contributed by atoms with Crippen LogP contribution in [0.25, 0.3) is 0 Å². The molecule has 1 amide bonds. The SMILES string of the molecule is CC1=C(Nc2cc(C(=O)Nc3ccccc3C)ccc2Cl)CCC1=O. The first-order chi connectivity index (χ1) is 12.0. The lowest BCUT2D eigenvalue weighted by molar-refractivity contribution is -0.114. The van der Waals surface area contributed by atoms with E-state index in [0.717, 1.165) is 22.5 Å². The molecule has 128 valence electrons. The molecule has 4 nitrogen and oxygen atoms in total. The molecule has 0 saturated carbocycles. The highest BCUT2D eigenvalue weighted by Crippen LogP contribution is 2.29. The van der Waals surface area contributed by atoms with Gasteiger partial charge in [0.05, 0.1) is 10.7 Å². The molecular formula is C20H19ClN2O2. The van der Waals surface area contributed by atoms with Gasteiger partial charge in [-0.15, -0.1) is 0 Å². The highest BCUT2D eigenvalue weighted by molar-refractivity contribution is 6.33. The topological polar surface area (TPSA) is 58.2 Å². The van der Waals surface area contributed by atoms with Gasteiger partial charge in [0.15, 0.2) is 5.78 Å². The van der Waals surface area contributed by atoms with Crippen molar-refractivity contribution < 1.29 is 9.59 Å². The number of Topliss-reactive ketones (excluding diaryl/α,β-unsaturated/α-hetero) is 1. The fourth-order valence-electron chi connectivity index (χ4n) is 2.77. The number of hydrogen-bond donors (Lipinski definition) is 2. The summed E-state index contributed by atoms with van der Waals surface area (Å²) in [6.07, 6.45) is 1.18. The molecule has 2 N–H and O–H groups in total. The van der Waals surface area contributed by atoms with Gasteiger partial charge in [0.1, 0.15) is 0 Å². The number of benzene rings is 2. The van der Waals surface area contributed by atoms with Gasteiger partial charge in [-0.05, 0) is 50.1 Å². The Hall–Kier alpha value is -2.59. The van der Waals surface area contributed by atoms with Crippen molar-refractivity contribution in [3.63, 3.8) is 0 Å². The Balaban J connectivity index is 1.83. The van der Waals surface area contributed by atoms with Gasteiger partial charge in [-0.1, -0.05) is 29.8 Å². The van der Waals surface area contributed by atoms with Crippen LogP contribution in [0.2, 0.25) is 5.02 Å². The first kappa shape index (κ1) is 17.2. The smallest absolute Gasteiger partial charge is 0.255 e. The molecule has 25 heavy (non-hydrogen) atoms. The number of halogens is 1. The second-order valence-electron chi connectivity index (χ2n) is 6.12. The summed E-state index contributed by atoms with van der Waals surface area (Å²) >= 11 is 6.25. The fraction of sp³-hybridized carbons (Fsp3) is 0.200. The number of carbonyl (C=O) groups is 2. The number of rotatable bonds is 4. The van der Waals surface area contributed by atoms with Crippen LogP contribution in [-0.2, 0) is 4.79 Å². The largest absolute Gasteiger partial charge is 0.357 e. The average molecular weight is 355 g/mol. The number of para-hydroxylation sites is 1. The molecule has 0 aliphatic heterocycles. The summed E-state index contributed by atoms with van der Waals surface area (Å²) in [6, 6.07) is 12.7. The molecule has 2 aromatic rings. The van der Waals surface area contributed by atoms with Gasteiger partial charge < -0.3 is 10.6 Å². The fourth-order valence-corrected chi connectivity index (χ4v) is 2.94. The Morgan fingerprint density at radius 1 is 1.04 bits per heavy atom. The Bertz CT molecular complexity index is 887. The lowest BCUT2D eigenvalue weighted by Gasteiger charge is -2.13. The monoisotopic (exact) mass is 354 g/mol. The van der Waals surface area contributed by atoms with E-state index in [1.165, 1.54) is 0 Å². The Kier molecular flexibility index (Phi) is 4.91. The number of allylic oxidation sites excluding steroid dienone is 2. The van der Waals surface area contributed by atoms with Crippen LogP contribution in [0.1, 0.15) is 35.7 Å². The minimum atomic E-state index is -0.206. The maximum atomic E-state index is 12.5. The van der Waals surface area contributed by atoms with Gasteiger partial charge in [-0.25, -0.2) is 0 Å². The van der Waals surface area contributed by atoms with Crippen LogP contribution in [0.5, 0.6) is 0 Å². The molecule has 0 unspecified atom stereocenters. The van der Waals surface area contributed by atoms with Crippen molar-refractivity contribution in [2.75, 3.05) is 10.6 Å². The molecule has 1 aliphatic carbocycles. The molecule has 0 heterocycles. The van der Waals surface area contributed by atoms with Crippen molar-refractivity contribution in [2.45, 2.75) is 26.7 Å². The van der Waals surface area contributed by atoms with E-state index in [1.807, 2.05) is 31.2 Å². The van der Waals surface area contributed by atoms with Gasteiger partial charge in [-0.2, -0.15) is 0 Å². The summed E-state index contributed by atoms with van der Waals surface area (Å²) in [4.78, 5) is 24.2. The van der Waals surface area contributed by atoms with Crippen LogP contribution in [0.4, 0.5) is 11.4 Å². The molecule has 2 aromatic carbocycles. The van der Waals surface area contributed by atoms with Crippen molar-refractivity contribution in [1.82, 2.24) is 0 Å². The summed E-state index contributed by atoms with van der Waals surface area (Å²) in [7, 11) is 0. The minimum absolute atomic E-state index is 0.145. The second kappa shape index (κ2) is 7.11. The third kappa shape index (κ3) is 3.74. The standard InChI is InChI=1S/C20H19ClN2O2/c1-12-5-3-4-6-16(12)23-20(25)14-7-8-15(21)18(11-14)22-17-9-10-19(24)13(17)2/h3-8,11,22H,9-10H2,1-2H3,(H,23,25). The zero-order valence-electron chi connectivity index (χ0n) is 14.2. The highest BCUT2D eigenvalue weighted by Gasteiger charge is 2.20. The maximum Gasteiger partial charge on any atom is 0.255 e. The number of anilines is 2. The summed E-state index contributed by atoms with van der Waals surface area (Å²) in [6.45, 7) is 3.75. The number of aryl methyl sites for hydroxylation is 1. The second-order valence-corrected chi connectivity index (χ2v) is 6.52. The third-order valence-electron chi connectivity index (χ3n) is 4.38. The van der Waals surface area contributed by atoms with Gasteiger partial charge >= 0.3 is 0 Å². The predicted molar refractivity (Wildman–Crippen MR) is 101 cm³/mol. The zero-order chi connectivity index (χ0) is 18.0. The van der Waals surface area contributed by atoms with Crippen molar-refractivity contribution in [2.24, 2.45) is 0 Å². The molecule has 0 aromatic heterocycles. The molecule has 0 spiro atoms. The van der Waals surface area contributed by atoms with Gasteiger partial charge in [0.25, 0.3) is 5.91 Å². The zero-order valence-corrected chi connectivity index (χ0v) is 14.9. The van der Waals surface area contributed by atoms with Crippen LogP contribution >= 0.6 is 11.6 Å². The first-order valence-corrected chi connectivity index (χ1v) is 8.50. The summed E-state index contributed by atoms with van der Waals surface area (Å²) in [5.41, 5.74) is 4.49. The summed E-state index contributed by atoms with van der Waals surface area (Å²) in [5, 5.41) is 6.62. The molecule has 1 aliphatic rings. The number of nitrogens with one attached hydrogen (secondary N) is 2. The van der Waals surface area contributed by atoms with Crippen LogP contribution < -0.4 is 10.6 Å². The van der Waals surface area contributed by atoms with E-state index in [1.54, 1.807) is 25.1 Å². The van der Waals surface area contributed by atoms with Crippen LogP contribution in [0.15, 0.2) is 53.7 Å². The molecule has 0 saturated heterocycles. The minimum Gasteiger partial charge on any atom is -0.357 e. The van der Waals surface area contributed by atoms with E-state index >= 15 is 0 Å². The maximum absolute atomic E-state index is 12.5. The number of amides is 1. The van der Waals surface area contributed by atoms with Crippen LogP contribution in [0, 0.1) is 6.92 Å². The number of carbonyl (C=O) groups excluding carboxylic acids is 2.